The molecule has 1 amide bonds. The van der Waals surface area contributed by atoms with E-state index >= 15 is 0 Å². The summed E-state index contributed by atoms with van der Waals surface area (Å²) in [5, 5.41) is 17.6. The Hall–Kier alpha value is -1.57. The largest absolute Gasteiger partial charge is 0.481 e. The Morgan fingerprint density at radius 3 is 2.18 bits per heavy atom. The summed E-state index contributed by atoms with van der Waals surface area (Å²) in [6.45, 7) is 7.53. The van der Waals surface area contributed by atoms with Gasteiger partial charge < -0.3 is 10.0 Å². The lowest BCUT2D eigenvalue weighted by atomic mass is 9.94. The van der Waals surface area contributed by atoms with Gasteiger partial charge in [0.2, 0.25) is 5.91 Å². The standard InChI is InChI=1S/C12H20N2O3/c1-5-14(7-8(2)6-13)11(15)9(3)10(4)12(16)17/h8-10H,5,7H2,1-4H3,(H,16,17). The highest BCUT2D eigenvalue weighted by atomic mass is 16.4. The zero-order chi connectivity index (χ0) is 13.6. The van der Waals surface area contributed by atoms with Crippen molar-refractivity contribution in [2.75, 3.05) is 13.1 Å². The Kier molecular flexibility index (Phi) is 6.26. The van der Waals surface area contributed by atoms with Crippen molar-refractivity contribution in [3.63, 3.8) is 0 Å². The molecule has 0 aromatic heterocycles. The molecule has 0 bridgehead atoms. The summed E-state index contributed by atoms with van der Waals surface area (Å²) in [4.78, 5) is 24.4. The van der Waals surface area contributed by atoms with Crippen LogP contribution in [0.25, 0.3) is 0 Å². The van der Waals surface area contributed by atoms with Gasteiger partial charge in [0.15, 0.2) is 0 Å². The van der Waals surface area contributed by atoms with Gasteiger partial charge in [0.25, 0.3) is 0 Å². The molecule has 5 heteroatoms. The number of carboxylic acids is 1. The SMILES string of the molecule is CCN(CC(C)C#N)C(=O)C(C)C(C)C(=O)O. The van der Waals surface area contributed by atoms with Crippen molar-refractivity contribution in [2.45, 2.75) is 27.7 Å². The number of nitriles is 1. The zero-order valence-corrected chi connectivity index (χ0v) is 10.8. The second kappa shape index (κ2) is 6.89. The molecule has 0 saturated heterocycles. The number of nitrogens with zero attached hydrogens (tertiary/aromatic N) is 2. The van der Waals surface area contributed by atoms with Crippen molar-refractivity contribution in [1.82, 2.24) is 4.90 Å². The summed E-state index contributed by atoms with van der Waals surface area (Å²) in [6.07, 6.45) is 0. The predicted molar refractivity (Wildman–Crippen MR) is 63.0 cm³/mol. The van der Waals surface area contributed by atoms with E-state index in [-0.39, 0.29) is 11.8 Å². The average molecular weight is 240 g/mol. The fraction of sp³-hybridized carbons (Fsp3) is 0.750. The first-order chi connectivity index (χ1) is 7.84. The highest BCUT2D eigenvalue weighted by Crippen LogP contribution is 2.15. The van der Waals surface area contributed by atoms with E-state index in [1.807, 2.05) is 6.92 Å². The molecule has 0 aromatic carbocycles. The van der Waals surface area contributed by atoms with Gasteiger partial charge in [-0.15, -0.1) is 0 Å². The highest BCUT2D eigenvalue weighted by molar-refractivity contribution is 5.84. The maximum absolute atomic E-state index is 12.0. The molecule has 0 aromatic rings. The lowest BCUT2D eigenvalue weighted by Gasteiger charge is -2.26. The van der Waals surface area contributed by atoms with Crippen LogP contribution in [0.4, 0.5) is 0 Å². The number of hydrogen-bond donors (Lipinski definition) is 1. The molecule has 0 radical (unpaired) electrons. The third kappa shape index (κ3) is 4.43. The Morgan fingerprint density at radius 2 is 1.82 bits per heavy atom. The Balaban J connectivity index is 4.65. The van der Waals surface area contributed by atoms with Crippen molar-refractivity contribution in [2.24, 2.45) is 17.8 Å². The summed E-state index contributed by atoms with van der Waals surface area (Å²) in [7, 11) is 0. The molecule has 0 rings (SSSR count). The van der Waals surface area contributed by atoms with E-state index in [2.05, 4.69) is 6.07 Å². The van der Waals surface area contributed by atoms with Crippen molar-refractivity contribution in [3.8, 4) is 6.07 Å². The molecular formula is C12H20N2O3. The van der Waals surface area contributed by atoms with Gasteiger partial charge >= 0.3 is 5.97 Å². The number of rotatable bonds is 6. The van der Waals surface area contributed by atoms with Gasteiger partial charge in [-0.05, 0) is 13.8 Å². The molecule has 3 unspecified atom stereocenters. The van der Waals surface area contributed by atoms with Gasteiger partial charge in [0.05, 0.1) is 17.9 Å². The number of hydrogen-bond acceptors (Lipinski definition) is 3. The van der Waals surface area contributed by atoms with Crippen molar-refractivity contribution < 1.29 is 14.7 Å². The van der Waals surface area contributed by atoms with Gasteiger partial charge in [0.1, 0.15) is 0 Å². The number of carbonyl (C=O) groups is 2. The van der Waals surface area contributed by atoms with E-state index in [4.69, 9.17) is 10.4 Å². The van der Waals surface area contributed by atoms with Crippen LogP contribution in [0.15, 0.2) is 0 Å². The lowest BCUT2D eigenvalue weighted by Crippen LogP contribution is -2.41. The van der Waals surface area contributed by atoms with Crippen LogP contribution in [-0.4, -0.2) is 35.0 Å². The summed E-state index contributed by atoms with van der Waals surface area (Å²) in [5.41, 5.74) is 0. The second-order valence-corrected chi connectivity index (χ2v) is 4.32. The Bertz CT molecular complexity index is 322. The normalized spacial score (nSPS) is 15.5. The first kappa shape index (κ1) is 15.4. The van der Waals surface area contributed by atoms with Crippen LogP contribution < -0.4 is 0 Å². The molecule has 3 atom stereocenters. The van der Waals surface area contributed by atoms with Crippen LogP contribution in [-0.2, 0) is 9.59 Å². The average Bonchev–Trinajstić information content (AvgIpc) is 2.32. The minimum atomic E-state index is -0.977. The molecule has 96 valence electrons. The van der Waals surface area contributed by atoms with Crippen molar-refractivity contribution >= 4 is 11.9 Å². The first-order valence-corrected chi connectivity index (χ1v) is 5.76. The van der Waals surface area contributed by atoms with Crippen LogP contribution in [0, 0.1) is 29.1 Å². The van der Waals surface area contributed by atoms with Crippen LogP contribution in [0.2, 0.25) is 0 Å². The van der Waals surface area contributed by atoms with Crippen LogP contribution in [0.5, 0.6) is 0 Å². The molecule has 0 heterocycles. The van der Waals surface area contributed by atoms with Crippen molar-refractivity contribution in [3.05, 3.63) is 0 Å². The van der Waals surface area contributed by atoms with E-state index < -0.39 is 17.8 Å². The van der Waals surface area contributed by atoms with Crippen LogP contribution in [0.3, 0.4) is 0 Å². The number of aliphatic carboxylic acids is 1. The maximum Gasteiger partial charge on any atom is 0.307 e. The summed E-state index contributed by atoms with van der Waals surface area (Å²) < 4.78 is 0. The molecule has 0 aliphatic carbocycles. The molecule has 0 saturated carbocycles. The third-order valence-electron chi connectivity index (χ3n) is 2.94. The lowest BCUT2D eigenvalue weighted by molar-refractivity contribution is -0.149. The smallest absolute Gasteiger partial charge is 0.307 e. The monoisotopic (exact) mass is 240 g/mol. The van der Waals surface area contributed by atoms with E-state index in [1.54, 1.807) is 13.8 Å². The minimum absolute atomic E-state index is 0.204. The molecular weight excluding hydrogens is 220 g/mol. The van der Waals surface area contributed by atoms with Gasteiger partial charge in [-0.25, -0.2) is 0 Å². The quantitative estimate of drug-likeness (QED) is 0.759. The van der Waals surface area contributed by atoms with Crippen LogP contribution >= 0.6 is 0 Å². The maximum atomic E-state index is 12.0. The summed E-state index contributed by atoms with van der Waals surface area (Å²) >= 11 is 0. The Labute approximate surface area is 102 Å². The molecule has 0 fully saturated rings. The summed E-state index contributed by atoms with van der Waals surface area (Å²) in [6, 6.07) is 2.07. The van der Waals surface area contributed by atoms with Gasteiger partial charge in [-0.3, -0.25) is 9.59 Å². The third-order valence-corrected chi connectivity index (χ3v) is 2.94. The van der Waals surface area contributed by atoms with E-state index in [1.165, 1.54) is 11.8 Å². The fourth-order valence-corrected chi connectivity index (χ4v) is 1.46. The van der Waals surface area contributed by atoms with E-state index in [0.717, 1.165) is 0 Å². The molecule has 1 N–H and O–H groups in total. The zero-order valence-electron chi connectivity index (χ0n) is 10.8. The van der Waals surface area contributed by atoms with Gasteiger partial charge in [-0.1, -0.05) is 13.8 Å². The molecule has 0 aliphatic rings. The molecule has 17 heavy (non-hydrogen) atoms. The number of carboxylic acid groups (broad SMARTS) is 1. The number of carbonyl (C=O) groups excluding carboxylic acids is 1. The van der Waals surface area contributed by atoms with Gasteiger partial charge in [-0.2, -0.15) is 5.26 Å². The minimum Gasteiger partial charge on any atom is -0.481 e. The van der Waals surface area contributed by atoms with E-state index in [9.17, 15) is 9.59 Å². The summed E-state index contributed by atoms with van der Waals surface area (Å²) in [5.74, 6) is -2.71. The highest BCUT2D eigenvalue weighted by Gasteiger charge is 2.29. The van der Waals surface area contributed by atoms with E-state index in [0.29, 0.717) is 13.1 Å². The molecule has 0 aliphatic heterocycles. The molecule has 0 spiro atoms. The topological polar surface area (TPSA) is 81.4 Å². The van der Waals surface area contributed by atoms with Crippen LogP contribution in [0.1, 0.15) is 27.7 Å². The molecule has 5 nitrogen and oxygen atoms in total. The Morgan fingerprint density at radius 1 is 1.29 bits per heavy atom. The predicted octanol–water partition coefficient (Wildman–Crippen LogP) is 1.35. The fourth-order valence-electron chi connectivity index (χ4n) is 1.46. The van der Waals surface area contributed by atoms with Crippen molar-refractivity contribution in [1.29, 1.82) is 5.26 Å². The second-order valence-electron chi connectivity index (χ2n) is 4.32. The number of amides is 1. The first-order valence-electron chi connectivity index (χ1n) is 5.76. The van der Waals surface area contributed by atoms with Gasteiger partial charge in [0, 0.05) is 19.0 Å².